The quantitative estimate of drug-likeness (QED) is 0.386. The van der Waals surface area contributed by atoms with Crippen LogP contribution in [0.25, 0.3) is 0 Å². The largest absolute Gasteiger partial charge is 0.396 e. The molecular formula is C26H31FN6O3S. The fourth-order valence-corrected chi connectivity index (χ4v) is 4.63. The van der Waals surface area contributed by atoms with E-state index in [1.54, 1.807) is 53.0 Å². The highest BCUT2D eigenvalue weighted by atomic mass is 32.1. The molecule has 9 nitrogen and oxygen atoms in total. The van der Waals surface area contributed by atoms with Crippen molar-refractivity contribution in [2.24, 2.45) is 0 Å². The SMILES string of the molecule is Cc1cc(NC(=O)N(CCCN2CCOCC2)Cc2ccc(C(=O)Nc3cscc3N)nc2)ccc1F. The lowest BCUT2D eigenvalue weighted by molar-refractivity contribution is 0.0365. The van der Waals surface area contributed by atoms with E-state index in [4.69, 9.17) is 10.5 Å². The number of ether oxygens (including phenoxy) is 1. The Morgan fingerprint density at radius 2 is 2.00 bits per heavy atom. The Morgan fingerprint density at radius 1 is 1.19 bits per heavy atom. The van der Waals surface area contributed by atoms with Gasteiger partial charge in [0.15, 0.2) is 0 Å². The lowest BCUT2D eigenvalue weighted by atomic mass is 10.2. The number of amides is 3. The first kappa shape index (κ1) is 26.5. The van der Waals surface area contributed by atoms with Crippen molar-refractivity contribution >= 4 is 40.3 Å². The van der Waals surface area contributed by atoms with Crippen LogP contribution in [-0.2, 0) is 11.3 Å². The second kappa shape index (κ2) is 12.6. The zero-order valence-corrected chi connectivity index (χ0v) is 21.5. The van der Waals surface area contributed by atoms with Gasteiger partial charge >= 0.3 is 6.03 Å². The summed E-state index contributed by atoms with van der Waals surface area (Å²) in [7, 11) is 0. The van der Waals surface area contributed by atoms with Crippen LogP contribution in [0.5, 0.6) is 0 Å². The molecule has 196 valence electrons. The molecule has 3 aromatic rings. The van der Waals surface area contributed by atoms with Crippen LogP contribution >= 0.6 is 11.3 Å². The highest BCUT2D eigenvalue weighted by Gasteiger charge is 2.17. The molecule has 3 amide bonds. The number of aromatic nitrogens is 1. The summed E-state index contributed by atoms with van der Waals surface area (Å²) in [6, 6.07) is 7.60. The van der Waals surface area contributed by atoms with E-state index in [2.05, 4.69) is 20.5 Å². The van der Waals surface area contributed by atoms with E-state index in [9.17, 15) is 14.0 Å². The molecule has 1 saturated heterocycles. The number of nitrogen functional groups attached to an aromatic ring is 1. The third-order valence-corrected chi connectivity index (χ3v) is 6.84. The summed E-state index contributed by atoms with van der Waals surface area (Å²) in [5.41, 5.74) is 8.91. The fraction of sp³-hybridized carbons (Fsp3) is 0.346. The van der Waals surface area contributed by atoms with Crippen molar-refractivity contribution in [3.05, 3.63) is 69.9 Å². The zero-order chi connectivity index (χ0) is 26.2. The normalized spacial score (nSPS) is 13.8. The number of benzene rings is 1. The molecule has 3 heterocycles. The number of nitrogens with two attached hydrogens (primary N) is 1. The number of anilines is 3. The Hall–Kier alpha value is -3.54. The van der Waals surface area contributed by atoms with Gasteiger partial charge in [-0.25, -0.2) is 9.18 Å². The van der Waals surface area contributed by atoms with Gasteiger partial charge in [0, 0.05) is 55.4 Å². The van der Waals surface area contributed by atoms with Crippen molar-refractivity contribution in [2.75, 3.05) is 55.8 Å². The second-order valence-corrected chi connectivity index (χ2v) is 9.61. The summed E-state index contributed by atoms with van der Waals surface area (Å²) in [5, 5.41) is 9.13. The van der Waals surface area contributed by atoms with Crippen LogP contribution in [0.4, 0.5) is 26.2 Å². The first-order valence-corrected chi connectivity index (χ1v) is 13.0. The number of halogens is 1. The first-order valence-electron chi connectivity index (χ1n) is 12.1. The molecule has 0 saturated carbocycles. The molecule has 0 unspecified atom stereocenters. The van der Waals surface area contributed by atoms with Crippen molar-refractivity contribution in [3.8, 4) is 0 Å². The van der Waals surface area contributed by atoms with Crippen molar-refractivity contribution in [1.82, 2.24) is 14.8 Å². The van der Waals surface area contributed by atoms with E-state index in [1.807, 2.05) is 0 Å². The number of urea groups is 1. The van der Waals surface area contributed by atoms with Crippen molar-refractivity contribution in [3.63, 3.8) is 0 Å². The van der Waals surface area contributed by atoms with Gasteiger partial charge in [-0.2, -0.15) is 0 Å². The minimum absolute atomic E-state index is 0.249. The van der Waals surface area contributed by atoms with Crippen LogP contribution in [0.3, 0.4) is 0 Å². The summed E-state index contributed by atoms with van der Waals surface area (Å²) < 4.78 is 19.1. The molecule has 2 aromatic heterocycles. The number of rotatable bonds is 9. The minimum Gasteiger partial charge on any atom is -0.396 e. The van der Waals surface area contributed by atoms with Crippen molar-refractivity contribution < 1.29 is 18.7 Å². The maximum absolute atomic E-state index is 13.7. The van der Waals surface area contributed by atoms with Crippen molar-refractivity contribution in [1.29, 1.82) is 0 Å². The van der Waals surface area contributed by atoms with E-state index in [-0.39, 0.29) is 23.4 Å². The van der Waals surface area contributed by atoms with Gasteiger partial charge in [0.25, 0.3) is 5.91 Å². The Labute approximate surface area is 219 Å². The molecule has 0 aliphatic carbocycles. The number of nitrogens with one attached hydrogen (secondary N) is 2. The minimum atomic E-state index is -0.358. The molecule has 1 aliphatic heterocycles. The summed E-state index contributed by atoms with van der Waals surface area (Å²) in [6.07, 6.45) is 2.38. The molecule has 0 bridgehead atoms. The van der Waals surface area contributed by atoms with Crippen LogP contribution in [0.2, 0.25) is 0 Å². The highest BCUT2D eigenvalue weighted by molar-refractivity contribution is 7.09. The summed E-state index contributed by atoms with van der Waals surface area (Å²) >= 11 is 1.40. The van der Waals surface area contributed by atoms with Gasteiger partial charge in [-0.15, -0.1) is 11.3 Å². The molecule has 0 spiro atoms. The summed E-state index contributed by atoms with van der Waals surface area (Å²) in [6.45, 7) is 6.53. The molecule has 37 heavy (non-hydrogen) atoms. The number of nitrogens with zero attached hydrogens (tertiary/aromatic N) is 3. The van der Waals surface area contributed by atoms with Gasteiger partial charge in [-0.3, -0.25) is 14.7 Å². The van der Waals surface area contributed by atoms with Gasteiger partial charge < -0.3 is 26.0 Å². The third kappa shape index (κ3) is 7.48. The van der Waals surface area contributed by atoms with Gasteiger partial charge in [-0.05, 0) is 48.7 Å². The van der Waals surface area contributed by atoms with Crippen LogP contribution in [0, 0.1) is 12.7 Å². The number of morpholine rings is 1. The van der Waals surface area contributed by atoms with E-state index >= 15 is 0 Å². The van der Waals surface area contributed by atoms with Gasteiger partial charge in [0.1, 0.15) is 11.5 Å². The second-order valence-electron chi connectivity index (χ2n) is 8.87. The highest BCUT2D eigenvalue weighted by Crippen LogP contribution is 2.23. The van der Waals surface area contributed by atoms with Crippen LogP contribution in [0.1, 0.15) is 28.0 Å². The van der Waals surface area contributed by atoms with Gasteiger partial charge in [-0.1, -0.05) is 6.07 Å². The number of aryl methyl sites for hydroxylation is 1. The lowest BCUT2D eigenvalue weighted by Gasteiger charge is -2.28. The van der Waals surface area contributed by atoms with E-state index in [0.29, 0.717) is 35.7 Å². The van der Waals surface area contributed by atoms with E-state index in [0.717, 1.165) is 44.8 Å². The van der Waals surface area contributed by atoms with Gasteiger partial charge in [0.05, 0.1) is 24.6 Å². The zero-order valence-electron chi connectivity index (χ0n) is 20.7. The summed E-state index contributed by atoms with van der Waals surface area (Å²) in [4.78, 5) is 34.0. The fourth-order valence-electron chi connectivity index (χ4n) is 3.95. The molecule has 0 radical (unpaired) electrons. The Balaban J connectivity index is 1.41. The topological polar surface area (TPSA) is 113 Å². The lowest BCUT2D eigenvalue weighted by Crippen LogP contribution is -2.40. The molecule has 4 rings (SSSR count). The molecule has 1 fully saturated rings. The average Bonchev–Trinajstić information content (AvgIpc) is 3.30. The Kier molecular flexibility index (Phi) is 9.04. The molecule has 0 atom stereocenters. The van der Waals surface area contributed by atoms with E-state index < -0.39 is 0 Å². The first-order chi connectivity index (χ1) is 17.9. The predicted octanol–water partition coefficient (Wildman–Crippen LogP) is 4.18. The molecule has 4 N–H and O–H groups in total. The number of hydrogen-bond acceptors (Lipinski definition) is 7. The van der Waals surface area contributed by atoms with E-state index in [1.165, 1.54) is 17.4 Å². The maximum Gasteiger partial charge on any atom is 0.322 e. The monoisotopic (exact) mass is 526 g/mol. The molecule has 1 aliphatic rings. The van der Waals surface area contributed by atoms with Crippen molar-refractivity contribution in [2.45, 2.75) is 19.9 Å². The molecule has 11 heteroatoms. The van der Waals surface area contributed by atoms with Crippen LogP contribution in [0.15, 0.2) is 47.3 Å². The number of carbonyl (C=O) groups is 2. The number of hydrogen-bond donors (Lipinski definition) is 3. The standard InChI is InChI=1S/C26H31FN6O3S/c1-18-13-20(4-5-21(18)27)30-26(35)33(8-2-7-32-9-11-36-12-10-32)15-19-3-6-23(29-14-19)25(34)31-24-17-37-16-22(24)28/h3-6,13-14,16-17H,2,7-12,15,28H2,1H3,(H,30,35)(H,31,34). The van der Waals surface area contributed by atoms with Crippen LogP contribution < -0.4 is 16.4 Å². The average molecular weight is 527 g/mol. The maximum atomic E-state index is 13.7. The number of carbonyl (C=O) groups excluding carboxylic acids is 2. The van der Waals surface area contributed by atoms with Gasteiger partial charge in [0.2, 0.25) is 0 Å². The van der Waals surface area contributed by atoms with Crippen LogP contribution in [-0.4, -0.2) is 66.1 Å². The smallest absolute Gasteiger partial charge is 0.322 e. The Morgan fingerprint density at radius 3 is 2.68 bits per heavy atom. The number of pyridine rings is 1. The third-order valence-electron chi connectivity index (χ3n) is 6.07. The Bertz CT molecular complexity index is 1210. The number of thiophene rings is 1. The molecule has 1 aromatic carbocycles. The molecular weight excluding hydrogens is 495 g/mol. The predicted molar refractivity (Wildman–Crippen MR) is 143 cm³/mol. The summed E-state index contributed by atoms with van der Waals surface area (Å²) in [5.74, 6) is -0.680.